The Morgan fingerprint density at radius 2 is 1.88 bits per heavy atom. The summed E-state index contributed by atoms with van der Waals surface area (Å²) in [5.41, 5.74) is 7.52. The minimum absolute atomic E-state index is 0.0623. The predicted molar refractivity (Wildman–Crippen MR) is 121 cm³/mol. The molecule has 3 aromatic carbocycles. The third-order valence-electron chi connectivity index (χ3n) is 5.10. The van der Waals surface area contributed by atoms with Crippen LogP contribution < -0.4 is 20.5 Å². The van der Waals surface area contributed by atoms with Crippen molar-refractivity contribution in [3.05, 3.63) is 101 Å². The summed E-state index contributed by atoms with van der Waals surface area (Å²) in [6.45, 7) is 0.500. The first-order valence-electron chi connectivity index (χ1n) is 10.1. The van der Waals surface area contributed by atoms with Crippen LogP contribution in [0.15, 0.2) is 71.7 Å². The van der Waals surface area contributed by atoms with Crippen LogP contribution in [0.5, 0.6) is 11.5 Å². The van der Waals surface area contributed by atoms with Crippen LogP contribution in [-0.4, -0.2) is 25.6 Å². The zero-order valence-electron chi connectivity index (χ0n) is 17.8. The van der Waals surface area contributed by atoms with Gasteiger partial charge in [0.15, 0.2) is 5.96 Å². The maximum atomic E-state index is 14.4. The second-order valence-electron chi connectivity index (χ2n) is 7.24. The molecule has 1 aliphatic rings. The Balaban J connectivity index is 1.55. The molecule has 0 fully saturated rings. The van der Waals surface area contributed by atoms with Crippen LogP contribution in [0, 0.1) is 11.6 Å². The number of aliphatic imine (C=N–C) groups is 1. The molecule has 0 spiro atoms. The van der Waals surface area contributed by atoms with Crippen LogP contribution in [0.4, 0.5) is 8.78 Å². The molecule has 3 aromatic rings. The Labute approximate surface area is 189 Å². The van der Waals surface area contributed by atoms with E-state index in [1.54, 1.807) is 19.3 Å². The van der Waals surface area contributed by atoms with Gasteiger partial charge in [0.1, 0.15) is 29.7 Å². The molecule has 0 aromatic heterocycles. The van der Waals surface area contributed by atoms with Gasteiger partial charge in [-0.3, -0.25) is 4.79 Å². The normalized spacial score (nSPS) is 12.9. The molecular weight excluding hydrogens is 428 g/mol. The Morgan fingerprint density at radius 3 is 2.64 bits per heavy atom. The Hall–Kier alpha value is -4.20. The lowest BCUT2D eigenvalue weighted by molar-refractivity contribution is 0.100. The van der Waals surface area contributed by atoms with E-state index in [1.165, 1.54) is 30.3 Å². The molecule has 8 heteroatoms. The van der Waals surface area contributed by atoms with Gasteiger partial charge in [0.2, 0.25) is 0 Å². The van der Waals surface area contributed by atoms with Crippen molar-refractivity contribution in [2.75, 3.05) is 13.7 Å². The highest BCUT2D eigenvalue weighted by molar-refractivity contribution is 6.03. The number of amides is 1. The topological polar surface area (TPSA) is 85.9 Å². The molecule has 0 atom stereocenters. The molecule has 1 heterocycles. The number of nitrogens with one attached hydrogen (secondary N) is 1. The van der Waals surface area contributed by atoms with E-state index in [-0.39, 0.29) is 23.7 Å². The van der Waals surface area contributed by atoms with Gasteiger partial charge in [-0.1, -0.05) is 18.2 Å². The smallest absolute Gasteiger partial charge is 0.280 e. The van der Waals surface area contributed by atoms with E-state index in [9.17, 15) is 13.6 Å². The number of benzene rings is 3. The first-order valence-corrected chi connectivity index (χ1v) is 10.1. The summed E-state index contributed by atoms with van der Waals surface area (Å²) >= 11 is 0. The van der Waals surface area contributed by atoms with Crippen molar-refractivity contribution >= 4 is 17.4 Å². The van der Waals surface area contributed by atoms with Crippen molar-refractivity contribution in [2.45, 2.75) is 6.54 Å². The molecular formula is C25H21F2N3O3. The Kier molecular flexibility index (Phi) is 6.35. The van der Waals surface area contributed by atoms with Crippen molar-refractivity contribution in [3.63, 3.8) is 0 Å². The number of nitrogens with two attached hydrogens (primary N) is 1. The zero-order valence-corrected chi connectivity index (χ0v) is 17.8. The largest absolute Gasteiger partial charge is 0.497 e. The van der Waals surface area contributed by atoms with Crippen molar-refractivity contribution in [1.82, 2.24) is 5.32 Å². The second kappa shape index (κ2) is 9.52. The SMILES string of the molecule is COc1cccc(CN/C(N)=N/C(=O)c2ccc3c(c2)C(c2c(F)cccc2F)=CCO3)c1. The van der Waals surface area contributed by atoms with Gasteiger partial charge in [0.25, 0.3) is 5.91 Å². The average molecular weight is 449 g/mol. The first kappa shape index (κ1) is 22.0. The lowest BCUT2D eigenvalue weighted by Crippen LogP contribution is -2.32. The number of nitrogens with zero attached hydrogens (tertiary/aromatic N) is 1. The van der Waals surface area contributed by atoms with Crippen LogP contribution in [0.25, 0.3) is 5.57 Å². The zero-order chi connectivity index (χ0) is 23.4. The highest BCUT2D eigenvalue weighted by Crippen LogP contribution is 2.37. The monoisotopic (exact) mass is 449 g/mol. The molecule has 0 saturated heterocycles. The average Bonchev–Trinajstić information content (AvgIpc) is 2.82. The highest BCUT2D eigenvalue weighted by atomic mass is 19.1. The summed E-state index contributed by atoms with van der Waals surface area (Å²) in [5, 5.41) is 2.88. The maximum absolute atomic E-state index is 14.4. The summed E-state index contributed by atoms with van der Waals surface area (Å²) in [6, 6.07) is 15.6. The molecule has 0 unspecified atom stereocenters. The van der Waals surface area contributed by atoms with E-state index in [2.05, 4.69) is 10.3 Å². The van der Waals surface area contributed by atoms with Gasteiger partial charge in [0, 0.05) is 17.7 Å². The molecule has 6 nitrogen and oxygen atoms in total. The lowest BCUT2D eigenvalue weighted by Gasteiger charge is -2.20. The number of rotatable bonds is 5. The van der Waals surface area contributed by atoms with E-state index >= 15 is 0 Å². The first-order chi connectivity index (χ1) is 16.0. The third kappa shape index (κ3) is 4.85. The van der Waals surface area contributed by atoms with Gasteiger partial charge in [-0.25, -0.2) is 8.78 Å². The van der Waals surface area contributed by atoms with Gasteiger partial charge in [-0.15, -0.1) is 0 Å². The molecule has 33 heavy (non-hydrogen) atoms. The van der Waals surface area contributed by atoms with Crippen LogP contribution in [0.2, 0.25) is 0 Å². The molecule has 0 saturated carbocycles. The van der Waals surface area contributed by atoms with Gasteiger partial charge in [0.05, 0.1) is 12.7 Å². The van der Waals surface area contributed by atoms with Crippen LogP contribution in [-0.2, 0) is 6.54 Å². The van der Waals surface area contributed by atoms with E-state index < -0.39 is 17.5 Å². The fraction of sp³-hybridized carbons (Fsp3) is 0.120. The van der Waals surface area contributed by atoms with Crippen molar-refractivity contribution in [3.8, 4) is 11.5 Å². The number of carbonyl (C=O) groups excluding carboxylic acids is 1. The number of methoxy groups -OCH3 is 1. The molecule has 1 amide bonds. The standard InChI is InChI=1S/C25H21F2N3O3/c1-32-17-5-2-4-15(12-17)14-29-25(28)30-24(31)16-8-9-22-19(13-16)18(10-11-33-22)23-20(26)6-3-7-21(23)27/h2-10,12-13H,11,14H2,1H3,(H3,28,29,30,31). The van der Waals surface area contributed by atoms with Gasteiger partial charge < -0.3 is 20.5 Å². The summed E-state index contributed by atoms with van der Waals surface area (Å²) in [5.74, 6) is -0.947. The van der Waals surface area contributed by atoms with Crippen LogP contribution in [0.3, 0.4) is 0 Å². The van der Waals surface area contributed by atoms with Crippen LogP contribution >= 0.6 is 0 Å². The van der Waals surface area contributed by atoms with E-state index in [0.717, 1.165) is 5.56 Å². The Morgan fingerprint density at radius 1 is 1.12 bits per heavy atom. The van der Waals surface area contributed by atoms with Gasteiger partial charge in [-0.05, 0) is 59.7 Å². The number of ether oxygens (including phenoxy) is 2. The molecule has 1 aliphatic heterocycles. The third-order valence-corrected chi connectivity index (χ3v) is 5.10. The number of fused-ring (bicyclic) bond motifs is 1. The number of guanidine groups is 1. The summed E-state index contributed by atoms with van der Waals surface area (Å²) in [7, 11) is 1.58. The molecule has 3 N–H and O–H groups in total. The van der Waals surface area contributed by atoms with E-state index in [0.29, 0.717) is 29.2 Å². The summed E-state index contributed by atoms with van der Waals surface area (Å²) < 4.78 is 39.5. The Bertz CT molecular complexity index is 1250. The fourth-order valence-corrected chi connectivity index (χ4v) is 3.50. The van der Waals surface area contributed by atoms with Crippen molar-refractivity contribution in [2.24, 2.45) is 10.7 Å². The van der Waals surface area contributed by atoms with Crippen LogP contribution in [0.1, 0.15) is 27.0 Å². The quantitative estimate of drug-likeness (QED) is 0.454. The molecule has 0 aliphatic carbocycles. The minimum atomic E-state index is -0.699. The second-order valence-corrected chi connectivity index (χ2v) is 7.24. The lowest BCUT2D eigenvalue weighted by atomic mass is 9.93. The number of halogens is 2. The molecule has 0 radical (unpaired) electrons. The summed E-state index contributed by atoms with van der Waals surface area (Å²) in [4.78, 5) is 16.6. The van der Waals surface area contributed by atoms with E-state index in [1.807, 2.05) is 24.3 Å². The number of hydrogen-bond donors (Lipinski definition) is 2. The minimum Gasteiger partial charge on any atom is -0.497 e. The van der Waals surface area contributed by atoms with Gasteiger partial charge >= 0.3 is 0 Å². The number of hydrogen-bond acceptors (Lipinski definition) is 3. The molecule has 0 bridgehead atoms. The van der Waals surface area contributed by atoms with Gasteiger partial charge in [-0.2, -0.15) is 4.99 Å². The fourth-order valence-electron chi connectivity index (χ4n) is 3.50. The van der Waals surface area contributed by atoms with E-state index in [4.69, 9.17) is 15.2 Å². The maximum Gasteiger partial charge on any atom is 0.280 e. The van der Waals surface area contributed by atoms with Crippen molar-refractivity contribution in [1.29, 1.82) is 0 Å². The van der Waals surface area contributed by atoms with Crippen molar-refractivity contribution < 1.29 is 23.0 Å². The highest BCUT2D eigenvalue weighted by Gasteiger charge is 2.22. The molecule has 4 rings (SSSR count). The number of carbonyl (C=O) groups is 1. The predicted octanol–water partition coefficient (Wildman–Crippen LogP) is 4.04. The molecule has 168 valence electrons. The summed E-state index contributed by atoms with van der Waals surface area (Å²) in [6.07, 6.45) is 1.57.